The number of rotatable bonds is 7. The number of methoxy groups -OCH3 is 1. The number of halogens is 2. The summed E-state index contributed by atoms with van der Waals surface area (Å²) in [6.45, 7) is 0.509. The zero-order valence-corrected chi connectivity index (χ0v) is 19.9. The Morgan fingerprint density at radius 2 is 1.70 bits per heavy atom. The predicted molar refractivity (Wildman–Crippen MR) is 132 cm³/mol. The van der Waals surface area contributed by atoms with E-state index in [1.54, 1.807) is 30.3 Å². The Morgan fingerprint density at radius 1 is 0.970 bits per heavy atom. The van der Waals surface area contributed by atoms with Crippen molar-refractivity contribution in [2.45, 2.75) is 13.2 Å². The fourth-order valence-electron chi connectivity index (χ4n) is 3.25. The van der Waals surface area contributed by atoms with Gasteiger partial charge in [-0.15, -0.1) is 0 Å². The molecule has 3 aromatic carbocycles. The number of nitrogens with zero attached hydrogens (tertiary/aromatic N) is 1. The number of hydrogen-bond donors (Lipinski definition) is 0. The minimum Gasteiger partial charge on any atom is -0.493 e. The van der Waals surface area contributed by atoms with Crippen molar-refractivity contribution in [1.82, 2.24) is 4.90 Å². The number of imide groups is 1. The fraction of sp³-hybridized carbons (Fsp3) is 0.120. The molecule has 168 valence electrons. The van der Waals surface area contributed by atoms with Crippen LogP contribution in [0, 0.1) is 0 Å². The molecule has 1 aliphatic rings. The van der Waals surface area contributed by atoms with Gasteiger partial charge in [0.2, 0.25) is 0 Å². The second-order valence-electron chi connectivity index (χ2n) is 7.20. The van der Waals surface area contributed by atoms with Crippen molar-refractivity contribution in [3.8, 4) is 11.5 Å². The molecule has 3 aromatic rings. The predicted octanol–water partition coefficient (Wildman–Crippen LogP) is 6.82. The normalized spacial score (nSPS) is 14.8. The van der Waals surface area contributed by atoms with Gasteiger partial charge in [0.15, 0.2) is 11.5 Å². The van der Waals surface area contributed by atoms with Crippen molar-refractivity contribution >= 4 is 52.2 Å². The standard InChI is InChI=1S/C25H19Cl2NO4S/c1-31-21-12-18(11-20(27)23(21)32-15-17-7-9-19(26)10-8-17)13-22-24(29)28(25(30)33-22)14-16-5-3-2-4-6-16/h2-13H,14-15H2,1H3/b22-13-. The molecule has 1 heterocycles. The van der Waals surface area contributed by atoms with E-state index in [9.17, 15) is 9.59 Å². The van der Waals surface area contributed by atoms with Crippen LogP contribution in [-0.2, 0) is 17.9 Å². The van der Waals surface area contributed by atoms with Crippen LogP contribution in [0.5, 0.6) is 11.5 Å². The van der Waals surface area contributed by atoms with Gasteiger partial charge < -0.3 is 9.47 Å². The van der Waals surface area contributed by atoms with Crippen LogP contribution in [0.2, 0.25) is 10.0 Å². The molecule has 8 heteroatoms. The maximum absolute atomic E-state index is 12.8. The first-order valence-electron chi connectivity index (χ1n) is 9.98. The van der Waals surface area contributed by atoms with Crippen LogP contribution >= 0.6 is 35.0 Å². The number of thioether (sulfide) groups is 1. The number of carbonyl (C=O) groups excluding carboxylic acids is 2. The highest BCUT2D eigenvalue weighted by atomic mass is 35.5. The summed E-state index contributed by atoms with van der Waals surface area (Å²) in [5, 5.41) is 0.668. The van der Waals surface area contributed by atoms with E-state index >= 15 is 0 Å². The highest BCUT2D eigenvalue weighted by molar-refractivity contribution is 8.18. The smallest absolute Gasteiger partial charge is 0.293 e. The number of ether oxygens (including phenoxy) is 2. The van der Waals surface area contributed by atoms with E-state index < -0.39 is 0 Å². The summed E-state index contributed by atoms with van der Waals surface area (Å²) in [6.07, 6.45) is 1.63. The van der Waals surface area contributed by atoms with E-state index in [-0.39, 0.29) is 24.3 Å². The number of carbonyl (C=O) groups is 2. The van der Waals surface area contributed by atoms with Gasteiger partial charge in [-0.05, 0) is 58.8 Å². The van der Waals surface area contributed by atoms with Crippen LogP contribution in [0.3, 0.4) is 0 Å². The summed E-state index contributed by atoms with van der Waals surface area (Å²) >= 11 is 13.3. The Balaban J connectivity index is 1.53. The van der Waals surface area contributed by atoms with E-state index in [1.807, 2.05) is 42.5 Å². The van der Waals surface area contributed by atoms with Crippen molar-refractivity contribution in [3.63, 3.8) is 0 Å². The van der Waals surface area contributed by atoms with Crippen molar-refractivity contribution in [2.75, 3.05) is 7.11 Å². The van der Waals surface area contributed by atoms with E-state index in [0.717, 1.165) is 22.9 Å². The Hall–Kier alpha value is -2.93. The number of amides is 2. The van der Waals surface area contributed by atoms with E-state index in [0.29, 0.717) is 32.0 Å². The van der Waals surface area contributed by atoms with Crippen LogP contribution in [0.25, 0.3) is 6.08 Å². The minimum absolute atomic E-state index is 0.227. The maximum Gasteiger partial charge on any atom is 0.293 e. The largest absolute Gasteiger partial charge is 0.493 e. The third-order valence-electron chi connectivity index (χ3n) is 4.90. The molecule has 4 rings (SSSR count). The Morgan fingerprint density at radius 3 is 2.39 bits per heavy atom. The van der Waals surface area contributed by atoms with Crippen LogP contribution in [0.4, 0.5) is 4.79 Å². The highest BCUT2D eigenvalue weighted by Gasteiger charge is 2.35. The molecule has 0 bridgehead atoms. The summed E-state index contributed by atoms with van der Waals surface area (Å²) in [6, 6.07) is 20.1. The second-order valence-corrected chi connectivity index (χ2v) is 9.04. The zero-order valence-electron chi connectivity index (χ0n) is 17.6. The summed E-state index contributed by atoms with van der Waals surface area (Å²) < 4.78 is 11.3. The van der Waals surface area contributed by atoms with E-state index in [2.05, 4.69) is 0 Å². The molecule has 5 nitrogen and oxygen atoms in total. The molecule has 1 fully saturated rings. The van der Waals surface area contributed by atoms with Crippen molar-refractivity contribution in [1.29, 1.82) is 0 Å². The van der Waals surface area contributed by atoms with Gasteiger partial charge in [-0.2, -0.15) is 0 Å². The first-order chi connectivity index (χ1) is 15.9. The molecule has 0 radical (unpaired) electrons. The van der Waals surface area contributed by atoms with Crippen LogP contribution < -0.4 is 9.47 Å². The Kier molecular flexibility index (Phi) is 7.28. The van der Waals surface area contributed by atoms with Gasteiger partial charge in [0.1, 0.15) is 6.61 Å². The highest BCUT2D eigenvalue weighted by Crippen LogP contribution is 2.39. The maximum atomic E-state index is 12.8. The van der Waals surface area contributed by atoms with Gasteiger partial charge in [0.25, 0.3) is 11.1 Å². The second kappa shape index (κ2) is 10.3. The van der Waals surface area contributed by atoms with E-state index in [1.165, 1.54) is 12.0 Å². The molecule has 0 unspecified atom stereocenters. The van der Waals surface area contributed by atoms with Gasteiger partial charge in [0, 0.05) is 5.02 Å². The Labute approximate surface area is 205 Å². The topological polar surface area (TPSA) is 55.8 Å². The molecular formula is C25H19Cl2NO4S. The lowest BCUT2D eigenvalue weighted by Crippen LogP contribution is -2.27. The summed E-state index contributed by atoms with van der Waals surface area (Å²) in [5.41, 5.74) is 2.43. The molecule has 1 saturated heterocycles. The lowest BCUT2D eigenvalue weighted by molar-refractivity contribution is -0.123. The fourth-order valence-corrected chi connectivity index (χ4v) is 4.49. The minimum atomic E-state index is -0.341. The molecule has 0 aliphatic carbocycles. The lowest BCUT2D eigenvalue weighted by atomic mass is 10.1. The molecule has 0 aromatic heterocycles. The van der Waals surface area contributed by atoms with Gasteiger partial charge in [-0.25, -0.2) is 0 Å². The zero-order chi connectivity index (χ0) is 23.4. The summed E-state index contributed by atoms with van der Waals surface area (Å²) in [7, 11) is 1.51. The molecular weight excluding hydrogens is 481 g/mol. The van der Waals surface area contributed by atoms with Gasteiger partial charge in [-0.1, -0.05) is 65.7 Å². The van der Waals surface area contributed by atoms with Crippen molar-refractivity contribution in [3.05, 3.63) is 98.4 Å². The van der Waals surface area contributed by atoms with Gasteiger partial charge in [0.05, 0.1) is 23.6 Å². The molecule has 1 aliphatic heterocycles. The average Bonchev–Trinajstić information content (AvgIpc) is 3.07. The van der Waals surface area contributed by atoms with Gasteiger partial charge >= 0.3 is 0 Å². The van der Waals surface area contributed by atoms with Crippen LogP contribution in [-0.4, -0.2) is 23.2 Å². The van der Waals surface area contributed by atoms with Crippen molar-refractivity contribution < 1.29 is 19.1 Å². The van der Waals surface area contributed by atoms with E-state index in [4.69, 9.17) is 32.7 Å². The molecule has 0 spiro atoms. The first-order valence-corrected chi connectivity index (χ1v) is 11.6. The lowest BCUT2D eigenvalue weighted by Gasteiger charge is -2.14. The molecule has 0 saturated carbocycles. The first kappa shape index (κ1) is 23.2. The summed E-state index contributed by atoms with van der Waals surface area (Å²) in [4.78, 5) is 26.8. The van der Waals surface area contributed by atoms with Gasteiger partial charge in [-0.3, -0.25) is 14.5 Å². The third kappa shape index (κ3) is 5.53. The number of hydrogen-bond acceptors (Lipinski definition) is 5. The average molecular weight is 500 g/mol. The molecule has 2 amide bonds. The molecule has 33 heavy (non-hydrogen) atoms. The van der Waals surface area contributed by atoms with Crippen LogP contribution in [0.15, 0.2) is 71.6 Å². The van der Waals surface area contributed by atoms with Crippen LogP contribution in [0.1, 0.15) is 16.7 Å². The Bertz CT molecular complexity index is 1210. The SMILES string of the molecule is COc1cc(/C=C2\SC(=O)N(Cc3ccccc3)C2=O)cc(Cl)c1OCc1ccc(Cl)cc1. The number of benzene rings is 3. The summed E-state index contributed by atoms with van der Waals surface area (Å²) in [5.74, 6) is 0.474. The monoisotopic (exact) mass is 499 g/mol. The molecule has 0 N–H and O–H groups in total. The quantitative estimate of drug-likeness (QED) is 0.334. The third-order valence-corrected chi connectivity index (χ3v) is 6.34. The molecule has 0 atom stereocenters. The van der Waals surface area contributed by atoms with Crippen molar-refractivity contribution in [2.24, 2.45) is 0 Å².